The summed E-state index contributed by atoms with van der Waals surface area (Å²) in [5.41, 5.74) is -0.0442. The molecule has 0 amide bonds. The number of esters is 2. The van der Waals surface area contributed by atoms with E-state index >= 15 is 0 Å². The van der Waals surface area contributed by atoms with Gasteiger partial charge in [0, 0.05) is 24.8 Å². The Kier molecular flexibility index (Phi) is 3.79. The van der Waals surface area contributed by atoms with Crippen LogP contribution in [0.4, 0.5) is 0 Å². The average Bonchev–Trinajstić information content (AvgIpc) is 3.09. The second kappa shape index (κ2) is 5.71. The third-order valence-electron chi connectivity index (χ3n) is 8.49. The van der Waals surface area contributed by atoms with Gasteiger partial charge < -0.3 is 24.1 Å². The van der Waals surface area contributed by atoms with Gasteiger partial charge in [0.05, 0.1) is 23.2 Å². The fraction of sp³-hybridized carbons (Fsp3) is 0.727. The number of rotatable bonds is 2. The number of hydrogen-bond donors (Lipinski definition) is 1. The molecule has 3 aliphatic heterocycles. The van der Waals surface area contributed by atoms with Crippen molar-refractivity contribution in [3.63, 3.8) is 0 Å². The Morgan fingerprint density at radius 1 is 1.38 bits per heavy atom. The summed E-state index contributed by atoms with van der Waals surface area (Å²) < 4.78 is 24.1. The molecule has 5 rings (SSSR count). The summed E-state index contributed by atoms with van der Waals surface area (Å²) in [5, 5.41) is 10.4. The number of aliphatic hydroxyl groups excluding tert-OH is 1. The number of hydrogen-bond acceptors (Lipinski definition) is 7. The molecule has 2 bridgehead atoms. The smallest absolute Gasteiger partial charge is 0.333 e. The Balaban J connectivity index is 1.70. The molecular formula is C22H28O7. The molecule has 3 fully saturated rings. The van der Waals surface area contributed by atoms with Crippen molar-refractivity contribution in [1.82, 2.24) is 0 Å². The van der Waals surface area contributed by atoms with Crippen LogP contribution in [0.15, 0.2) is 23.3 Å². The standard InChI is InChI=1S/C22H28O7/c1-12-6-5-7-22-19(4)10-21(29-22,15-9-17(24)28-18(15)25)26-11-20(12,22)16(8-13(19)2)27-14(3)23/h6,9,13,16,18,25H,5,7-8,10-11H2,1-4H3/t13?,16-,18?,19-,20+,21?,22-/m1/s1. The van der Waals surface area contributed by atoms with Gasteiger partial charge in [-0.1, -0.05) is 25.5 Å². The number of fused-ring (bicyclic) bond motifs is 1. The number of allylic oxidation sites excluding steroid dienone is 1. The molecule has 1 saturated carbocycles. The van der Waals surface area contributed by atoms with Crippen molar-refractivity contribution in [2.24, 2.45) is 16.7 Å². The third kappa shape index (κ3) is 2.09. The number of carbonyl (C=O) groups is 2. The second-order valence-electron chi connectivity index (χ2n) is 9.59. The van der Waals surface area contributed by atoms with Gasteiger partial charge in [0.2, 0.25) is 6.29 Å². The maximum absolute atomic E-state index is 12.0. The summed E-state index contributed by atoms with van der Waals surface area (Å²) in [6, 6.07) is 0. The summed E-state index contributed by atoms with van der Waals surface area (Å²) in [7, 11) is 0. The lowest BCUT2D eigenvalue weighted by atomic mass is 9.44. The van der Waals surface area contributed by atoms with Gasteiger partial charge in [0.25, 0.3) is 0 Å². The normalized spacial score (nSPS) is 50.4. The summed E-state index contributed by atoms with van der Waals surface area (Å²) in [6.45, 7) is 8.20. The lowest BCUT2D eigenvalue weighted by Gasteiger charge is -2.66. The van der Waals surface area contributed by atoms with Gasteiger partial charge in [0.1, 0.15) is 6.10 Å². The highest BCUT2D eigenvalue weighted by Crippen LogP contribution is 2.75. The molecule has 29 heavy (non-hydrogen) atoms. The second-order valence-corrected chi connectivity index (χ2v) is 9.59. The van der Waals surface area contributed by atoms with Gasteiger partial charge in [-0.15, -0.1) is 0 Å². The van der Waals surface area contributed by atoms with Crippen LogP contribution in [0.2, 0.25) is 0 Å². The van der Waals surface area contributed by atoms with E-state index in [1.54, 1.807) is 0 Å². The zero-order valence-corrected chi connectivity index (χ0v) is 17.3. The molecule has 7 nitrogen and oxygen atoms in total. The van der Waals surface area contributed by atoms with Crippen molar-refractivity contribution in [3.05, 3.63) is 23.3 Å². The fourth-order valence-electron chi connectivity index (χ4n) is 7.01. The zero-order valence-electron chi connectivity index (χ0n) is 17.3. The van der Waals surface area contributed by atoms with Crippen LogP contribution < -0.4 is 0 Å². The Labute approximate surface area is 170 Å². The van der Waals surface area contributed by atoms with Crippen LogP contribution in [0.5, 0.6) is 0 Å². The maximum Gasteiger partial charge on any atom is 0.333 e. The van der Waals surface area contributed by atoms with Gasteiger partial charge in [-0.2, -0.15) is 0 Å². The molecule has 1 spiro atoms. The van der Waals surface area contributed by atoms with Crippen LogP contribution in [-0.4, -0.2) is 47.4 Å². The molecule has 158 valence electrons. The predicted molar refractivity (Wildman–Crippen MR) is 100 cm³/mol. The van der Waals surface area contributed by atoms with Crippen molar-refractivity contribution in [3.8, 4) is 0 Å². The van der Waals surface area contributed by atoms with Crippen molar-refractivity contribution in [1.29, 1.82) is 0 Å². The van der Waals surface area contributed by atoms with E-state index < -0.39 is 29.1 Å². The average molecular weight is 404 g/mol. The topological polar surface area (TPSA) is 91.3 Å². The predicted octanol–water partition coefficient (Wildman–Crippen LogP) is 2.38. The summed E-state index contributed by atoms with van der Waals surface area (Å²) in [4.78, 5) is 23.8. The summed E-state index contributed by atoms with van der Waals surface area (Å²) >= 11 is 0. The first-order valence-electron chi connectivity index (χ1n) is 10.4. The third-order valence-corrected chi connectivity index (χ3v) is 8.49. The molecular weight excluding hydrogens is 376 g/mol. The van der Waals surface area contributed by atoms with Crippen molar-refractivity contribution >= 4 is 11.9 Å². The molecule has 3 unspecified atom stereocenters. The number of cyclic esters (lactones) is 1. The summed E-state index contributed by atoms with van der Waals surface area (Å²) in [6.07, 6.45) is 4.64. The molecule has 0 aromatic carbocycles. The quantitative estimate of drug-likeness (QED) is 0.558. The molecule has 0 aromatic rings. The van der Waals surface area contributed by atoms with Crippen LogP contribution in [0, 0.1) is 16.7 Å². The van der Waals surface area contributed by atoms with Gasteiger partial charge in [0.15, 0.2) is 5.79 Å². The van der Waals surface area contributed by atoms with Crippen LogP contribution in [0.1, 0.15) is 53.4 Å². The highest BCUT2D eigenvalue weighted by Gasteiger charge is 2.81. The fourth-order valence-corrected chi connectivity index (χ4v) is 7.01. The zero-order chi connectivity index (χ0) is 20.8. The van der Waals surface area contributed by atoms with E-state index in [1.165, 1.54) is 13.0 Å². The minimum Gasteiger partial charge on any atom is -0.461 e. The minimum absolute atomic E-state index is 0.185. The molecule has 1 N–H and O–H groups in total. The Bertz CT molecular complexity index is 861. The van der Waals surface area contributed by atoms with E-state index in [-0.39, 0.29) is 23.4 Å². The van der Waals surface area contributed by atoms with Crippen LogP contribution >= 0.6 is 0 Å². The highest BCUT2D eigenvalue weighted by atomic mass is 16.7. The van der Waals surface area contributed by atoms with Gasteiger partial charge in [-0.05, 0) is 32.1 Å². The van der Waals surface area contributed by atoms with E-state index in [4.69, 9.17) is 18.9 Å². The van der Waals surface area contributed by atoms with Crippen molar-refractivity contribution in [2.45, 2.75) is 77.2 Å². The number of aliphatic hydroxyl groups is 1. The lowest BCUT2D eigenvalue weighted by Crippen LogP contribution is -2.72. The molecule has 3 heterocycles. The molecule has 2 saturated heterocycles. The molecule has 7 atom stereocenters. The maximum atomic E-state index is 12.0. The largest absolute Gasteiger partial charge is 0.461 e. The minimum atomic E-state index is -1.37. The van der Waals surface area contributed by atoms with E-state index in [1.807, 2.05) is 0 Å². The van der Waals surface area contributed by atoms with Crippen molar-refractivity contribution in [2.75, 3.05) is 6.61 Å². The first kappa shape index (κ1) is 19.3. The first-order valence-corrected chi connectivity index (χ1v) is 10.4. The van der Waals surface area contributed by atoms with E-state index in [9.17, 15) is 14.7 Å². The van der Waals surface area contributed by atoms with E-state index in [0.29, 0.717) is 25.0 Å². The Morgan fingerprint density at radius 2 is 2.14 bits per heavy atom. The Hall–Kier alpha value is -1.70. The molecule has 0 aromatic heterocycles. The highest BCUT2D eigenvalue weighted by molar-refractivity contribution is 5.86. The summed E-state index contributed by atoms with van der Waals surface area (Å²) in [5.74, 6) is -1.92. The van der Waals surface area contributed by atoms with Crippen LogP contribution in [0.25, 0.3) is 0 Å². The lowest BCUT2D eigenvalue weighted by molar-refractivity contribution is -0.355. The van der Waals surface area contributed by atoms with Gasteiger partial charge in [-0.25, -0.2) is 4.79 Å². The number of ether oxygens (including phenoxy) is 4. The molecule has 0 radical (unpaired) electrons. The van der Waals surface area contributed by atoms with Gasteiger partial charge >= 0.3 is 11.9 Å². The first-order chi connectivity index (χ1) is 13.6. The van der Waals surface area contributed by atoms with Crippen LogP contribution in [-0.2, 0) is 28.5 Å². The van der Waals surface area contributed by atoms with E-state index in [2.05, 4.69) is 26.8 Å². The van der Waals surface area contributed by atoms with Gasteiger partial charge in [-0.3, -0.25) is 4.79 Å². The monoisotopic (exact) mass is 404 g/mol. The Morgan fingerprint density at radius 3 is 2.79 bits per heavy atom. The molecule has 2 aliphatic carbocycles. The number of carbonyl (C=O) groups excluding carboxylic acids is 2. The molecule has 5 aliphatic rings. The van der Waals surface area contributed by atoms with Crippen molar-refractivity contribution < 1.29 is 33.6 Å². The molecule has 7 heteroatoms. The van der Waals surface area contributed by atoms with Crippen LogP contribution in [0.3, 0.4) is 0 Å². The SMILES string of the molecule is CC(=O)O[C@@H]1CC(C)[C@@]2(C)CC3(C4=CC(=O)OC4O)OC[C@]14C(C)=CCC[C@]42O3. The van der Waals surface area contributed by atoms with E-state index in [0.717, 1.165) is 18.4 Å².